The molecular weight excluding hydrogens is 466 g/mol. The number of ether oxygens (including phenoxy) is 1. The van der Waals surface area contributed by atoms with Crippen molar-refractivity contribution >= 4 is 41.0 Å². The molecule has 1 heterocycles. The van der Waals surface area contributed by atoms with Gasteiger partial charge in [0, 0.05) is 10.6 Å². The Kier molecular flexibility index (Phi) is 7.74. The lowest BCUT2D eigenvalue weighted by atomic mass is 10.2. The Morgan fingerprint density at radius 3 is 2.50 bits per heavy atom. The number of hydrogen-bond acceptors (Lipinski definition) is 7. The summed E-state index contributed by atoms with van der Waals surface area (Å²) in [6, 6.07) is 9.77. The zero-order chi connectivity index (χ0) is 23.1. The van der Waals surface area contributed by atoms with Crippen molar-refractivity contribution in [2.24, 2.45) is 0 Å². The van der Waals surface area contributed by atoms with Crippen LogP contribution in [0.4, 0.5) is 4.39 Å². The lowest BCUT2D eigenvalue weighted by Gasteiger charge is -2.08. The molecule has 0 radical (unpaired) electrons. The molecule has 0 atom stereocenters. The Morgan fingerprint density at radius 1 is 1.03 bits per heavy atom. The summed E-state index contributed by atoms with van der Waals surface area (Å²) in [5, 5.41) is 8.91. The Morgan fingerprint density at radius 2 is 1.78 bits per heavy atom. The monoisotopic (exact) mass is 480 g/mol. The van der Waals surface area contributed by atoms with Crippen LogP contribution in [-0.4, -0.2) is 41.0 Å². The Hall–Kier alpha value is -3.50. The number of amides is 2. The molecule has 2 amide bonds. The van der Waals surface area contributed by atoms with Crippen molar-refractivity contribution in [2.45, 2.75) is 6.61 Å². The predicted molar refractivity (Wildman–Crippen MR) is 111 cm³/mol. The molecule has 0 bridgehead atoms. The standard InChI is InChI=1S/C20H15Cl2FN4O5/c21-12-3-6-14(15(22)7-12)20(30)25-8-16(28)24-9-18(29)31-10-17-26-19(27-32-17)11-1-4-13(23)5-2-11/h1-7H,8-10H2,(H,24,28)(H,25,30). The highest BCUT2D eigenvalue weighted by atomic mass is 35.5. The maximum absolute atomic E-state index is 13.0. The van der Waals surface area contributed by atoms with E-state index in [1.807, 2.05) is 0 Å². The molecule has 0 fully saturated rings. The number of hydrogen-bond donors (Lipinski definition) is 2. The molecule has 166 valence electrons. The van der Waals surface area contributed by atoms with Gasteiger partial charge in [0.2, 0.25) is 11.7 Å². The molecule has 0 aliphatic carbocycles. The second kappa shape index (κ2) is 10.7. The van der Waals surface area contributed by atoms with Crippen molar-refractivity contribution in [3.8, 4) is 11.4 Å². The van der Waals surface area contributed by atoms with E-state index >= 15 is 0 Å². The average molecular weight is 481 g/mol. The Labute approximate surface area is 190 Å². The number of nitrogens with one attached hydrogen (secondary N) is 2. The third-order valence-corrected chi connectivity index (χ3v) is 4.49. The molecule has 0 saturated heterocycles. The lowest BCUT2D eigenvalue weighted by molar-refractivity contribution is -0.145. The molecule has 3 aromatic rings. The van der Waals surface area contributed by atoms with Gasteiger partial charge in [0.05, 0.1) is 17.1 Å². The molecular formula is C20H15Cl2FN4O5. The van der Waals surface area contributed by atoms with Crippen LogP contribution in [0.25, 0.3) is 11.4 Å². The number of carbonyl (C=O) groups excluding carboxylic acids is 3. The highest BCUT2D eigenvalue weighted by Crippen LogP contribution is 2.20. The van der Waals surface area contributed by atoms with E-state index in [0.717, 1.165) is 0 Å². The van der Waals surface area contributed by atoms with Crippen LogP contribution in [0.15, 0.2) is 47.0 Å². The normalized spacial score (nSPS) is 10.5. The van der Waals surface area contributed by atoms with Crippen molar-refractivity contribution in [1.82, 2.24) is 20.8 Å². The fourth-order valence-corrected chi connectivity index (χ4v) is 2.88. The number of halogens is 3. The van der Waals surface area contributed by atoms with Crippen LogP contribution in [0.3, 0.4) is 0 Å². The second-order valence-corrected chi connectivity index (χ2v) is 7.11. The molecule has 1 aromatic heterocycles. The van der Waals surface area contributed by atoms with Gasteiger partial charge in [0.15, 0.2) is 6.61 Å². The van der Waals surface area contributed by atoms with Gasteiger partial charge in [0.1, 0.15) is 12.4 Å². The van der Waals surface area contributed by atoms with Crippen LogP contribution in [0.1, 0.15) is 16.2 Å². The van der Waals surface area contributed by atoms with Gasteiger partial charge in [0.25, 0.3) is 11.8 Å². The third kappa shape index (κ3) is 6.50. The molecule has 0 aliphatic rings. The van der Waals surface area contributed by atoms with Gasteiger partial charge in [-0.3, -0.25) is 14.4 Å². The minimum absolute atomic E-state index is 0.0242. The Bertz CT molecular complexity index is 1140. The predicted octanol–water partition coefficient (Wildman–Crippen LogP) is 2.77. The largest absolute Gasteiger partial charge is 0.454 e. The molecule has 3 rings (SSSR count). The van der Waals surface area contributed by atoms with Gasteiger partial charge in [-0.2, -0.15) is 4.98 Å². The summed E-state index contributed by atoms with van der Waals surface area (Å²) < 4.78 is 22.9. The van der Waals surface area contributed by atoms with E-state index in [1.54, 1.807) is 0 Å². The molecule has 32 heavy (non-hydrogen) atoms. The summed E-state index contributed by atoms with van der Waals surface area (Å²) in [6.45, 7) is -1.13. The van der Waals surface area contributed by atoms with Crippen LogP contribution >= 0.6 is 23.2 Å². The first kappa shape index (κ1) is 23.2. The van der Waals surface area contributed by atoms with Gasteiger partial charge < -0.3 is 19.9 Å². The van der Waals surface area contributed by atoms with Gasteiger partial charge in [-0.05, 0) is 42.5 Å². The maximum Gasteiger partial charge on any atom is 0.325 e. The number of carbonyl (C=O) groups is 3. The van der Waals surface area contributed by atoms with Crippen LogP contribution in [0.5, 0.6) is 0 Å². The number of rotatable bonds is 8. The topological polar surface area (TPSA) is 123 Å². The molecule has 2 N–H and O–H groups in total. The van der Waals surface area contributed by atoms with Crippen molar-refractivity contribution in [1.29, 1.82) is 0 Å². The van der Waals surface area contributed by atoms with Gasteiger partial charge in [-0.1, -0.05) is 28.4 Å². The van der Waals surface area contributed by atoms with Crippen molar-refractivity contribution in [3.63, 3.8) is 0 Å². The van der Waals surface area contributed by atoms with Gasteiger partial charge >= 0.3 is 5.97 Å². The molecule has 2 aromatic carbocycles. The quantitative estimate of drug-likeness (QED) is 0.475. The van der Waals surface area contributed by atoms with E-state index in [0.29, 0.717) is 10.6 Å². The minimum atomic E-state index is -0.757. The summed E-state index contributed by atoms with van der Waals surface area (Å²) in [7, 11) is 0. The third-order valence-electron chi connectivity index (χ3n) is 3.94. The molecule has 12 heteroatoms. The number of benzene rings is 2. The van der Waals surface area contributed by atoms with Crippen molar-refractivity contribution < 1.29 is 28.0 Å². The van der Waals surface area contributed by atoms with E-state index in [4.69, 9.17) is 32.5 Å². The lowest BCUT2D eigenvalue weighted by Crippen LogP contribution is -2.39. The molecule has 9 nitrogen and oxygen atoms in total. The summed E-state index contributed by atoms with van der Waals surface area (Å²) in [5.74, 6) is -2.11. The Balaban J connectivity index is 1.39. The summed E-state index contributed by atoms with van der Waals surface area (Å²) in [6.07, 6.45) is 0. The first-order valence-corrected chi connectivity index (χ1v) is 9.81. The smallest absolute Gasteiger partial charge is 0.325 e. The number of nitrogens with zero attached hydrogens (tertiary/aromatic N) is 2. The van der Waals surface area contributed by atoms with Gasteiger partial charge in [-0.15, -0.1) is 0 Å². The first-order valence-electron chi connectivity index (χ1n) is 9.06. The summed E-state index contributed by atoms with van der Waals surface area (Å²) in [4.78, 5) is 39.7. The fourth-order valence-electron chi connectivity index (χ4n) is 2.39. The van der Waals surface area contributed by atoms with Crippen molar-refractivity contribution in [2.75, 3.05) is 13.1 Å². The van der Waals surface area contributed by atoms with E-state index in [-0.39, 0.29) is 35.5 Å². The maximum atomic E-state index is 13.0. The fraction of sp³-hybridized carbons (Fsp3) is 0.150. The van der Waals surface area contributed by atoms with Crippen LogP contribution in [0.2, 0.25) is 10.0 Å². The van der Waals surface area contributed by atoms with Crippen LogP contribution in [0, 0.1) is 5.82 Å². The van der Waals surface area contributed by atoms with Crippen LogP contribution < -0.4 is 10.6 Å². The summed E-state index contributed by atoms with van der Waals surface area (Å²) in [5.41, 5.74) is 0.685. The molecule has 0 spiro atoms. The average Bonchev–Trinajstić information content (AvgIpc) is 3.24. The molecule has 0 aliphatic heterocycles. The highest BCUT2D eigenvalue weighted by molar-refractivity contribution is 6.36. The first-order chi connectivity index (χ1) is 15.3. The van der Waals surface area contributed by atoms with E-state index in [2.05, 4.69) is 20.8 Å². The SMILES string of the molecule is O=C(CNC(=O)c1ccc(Cl)cc1Cl)NCC(=O)OCc1nc(-c2ccc(F)cc2)no1. The minimum Gasteiger partial charge on any atom is -0.454 e. The van der Waals surface area contributed by atoms with Gasteiger partial charge in [-0.25, -0.2) is 4.39 Å². The number of esters is 1. The highest BCUT2D eigenvalue weighted by Gasteiger charge is 2.14. The van der Waals surface area contributed by atoms with E-state index in [9.17, 15) is 18.8 Å². The molecule has 0 unspecified atom stereocenters. The number of aromatic nitrogens is 2. The van der Waals surface area contributed by atoms with E-state index < -0.39 is 30.1 Å². The van der Waals surface area contributed by atoms with Crippen molar-refractivity contribution in [3.05, 3.63) is 69.8 Å². The van der Waals surface area contributed by atoms with E-state index in [1.165, 1.54) is 42.5 Å². The second-order valence-electron chi connectivity index (χ2n) is 6.26. The summed E-state index contributed by atoms with van der Waals surface area (Å²) >= 11 is 11.7. The zero-order valence-corrected chi connectivity index (χ0v) is 17.7. The molecule has 0 saturated carbocycles. The zero-order valence-electron chi connectivity index (χ0n) is 16.2. The van der Waals surface area contributed by atoms with Crippen LogP contribution in [-0.2, 0) is 20.9 Å².